The van der Waals surface area contributed by atoms with Crippen molar-refractivity contribution in [3.63, 3.8) is 0 Å². The number of hydrogen-bond donors (Lipinski definition) is 0. The number of benzene rings is 1. The van der Waals surface area contributed by atoms with Gasteiger partial charge in [-0.25, -0.2) is 0 Å². The molecule has 1 nitrogen and oxygen atoms in total. The van der Waals surface area contributed by atoms with Gasteiger partial charge in [0.15, 0.2) is 0 Å². The highest BCUT2D eigenvalue weighted by molar-refractivity contribution is 5.42. The van der Waals surface area contributed by atoms with E-state index < -0.39 is 0 Å². The summed E-state index contributed by atoms with van der Waals surface area (Å²) in [7, 11) is 0. The summed E-state index contributed by atoms with van der Waals surface area (Å²) in [4.78, 5) is 0. The van der Waals surface area contributed by atoms with Gasteiger partial charge in [-0.3, -0.25) is 0 Å². The fourth-order valence-corrected chi connectivity index (χ4v) is 1.86. The van der Waals surface area contributed by atoms with Gasteiger partial charge in [0.25, 0.3) is 0 Å². The summed E-state index contributed by atoms with van der Waals surface area (Å²) in [6.07, 6.45) is 0. The average molecular weight is 173 g/mol. The van der Waals surface area contributed by atoms with Crippen LogP contribution < -0.4 is 0 Å². The van der Waals surface area contributed by atoms with E-state index in [1.165, 1.54) is 11.1 Å². The van der Waals surface area contributed by atoms with Gasteiger partial charge in [0.1, 0.15) is 0 Å². The van der Waals surface area contributed by atoms with E-state index in [9.17, 15) is 0 Å². The van der Waals surface area contributed by atoms with E-state index in [0.717, 1.165) is 5.56 Å². The summed E-state index contributed by atoms with van der Waals surface area (Å²) in [5.41, 5.74) is 3.19. The molecular formula is C12H15N. The van der Waals surface area contributed by atoms with E-state index in [1.54, 1.807) is 0 Å². The molecule has 1 heteroatoms. The lowest BCUT2D eigenvalue weighted by Crippen LogP contribution is -2.17. The molecule has 0 fully saturated rings. The fraction of sp³-hybridized carbons (Fsp3) is 0.417. The van der Waals surface area contributed by atoms with E-state index >= 15 is 0 Å². The second-order valence-corrected chi connectivity index (χ2v) is 4.00. The average Bonchev–Trinajstić information content (AvgIpc) is 2.03. The predicted molar refractivity (Wildman–Crippen MR) is 54.6 cm³/mol. The number of hydrogen-bond acceptors (Lipinski definition) is 1. The highest BCUT2D eigenvalue weighted by atomic mass is 14.3. The van der Waals surface area contributed by atoms with Crippen LogP contribution in [0.1, 0.15) is 30.5 Å². The first-order chi connectivity index (χ1) is 5.99. The zero-order chi connectivity index (χ0) is 10.1. The lowest BCUT2D eigenvalue weighted by Gasteiger charge is -2.21. The van der Waals surface area contributed by atoms with Crippen LogP contribution in [0.4, 0.5) is 0 Å². The molecule has 0 N–H and O–H groups in total. The van der Waals surface area contributed by atoms with Gasteiger partial charge in [0.2, 0.25) is 0 Å². The van der Waals surface area contributed by atoms with E-state index in [1.807, 2.05) is 19.9 Å². The van der Waals surface area contributed by atoms with Crippen molar-refractivity contribution < 1.29 is 0 Å². The summed E-state index contributed by atoms with van der Waals surface area (Å²) < 4.78 is 0. The van der Waals surface area contributed by atoms with Crippen molar-refractivity contribution in [2.75, 3.05) is 0 Å². The smallest absolute Gasteiger partial charge is 0.0771 e. The van der Waals surface area contributed by atoms with Crippen molar-refractivity contribution in [3.8, 4) is 6.07 Å². The summed E-state index contributed by atoms with van der Waals surface area (Å²) in [6.45, 7) is 8.04. The molecule has 0 aliphatic rings. The molecule has 0 aliphatic heterocycles. The highest BCUT2D eigenvalue weighted by Gasteiger charge is 2.23. The highest BCUT2D eigenvalue weighted by Crippen LogP contribution is 2.28. The van der Waals surface area contributed by atoms with Crippen molar-refractivity contribution in [1.29, 1.82) is 5.26 Å². The maximum atomic E-state index is 9.05. The molecular weight excluding hydrogens is 158 g/mol. The summed E-state index contributed by atoms with van der Waals surface area (Å²) >= 11 is 0. The Morgan fingerprint density at radius 1 is 1.15 bits per heavy atom. The first-order valence-corrected chi connectivity index (χ1v) is 4.47. The van der Waals surface area contributed by atoms with Gasteiger partial charge in [-0.2, -0.15) is 5.26 Å². The Bertz CT molecular complexity index is 336. The van der Waals surface area contributed by atoms with Crippen LogP contribution in [0.3, 0.4) is 0 Å². The molecule has 1 rings (SSSR count). The molecule has 0 spiro atoms. The number of aryl methyl sites for hydroxylation is 2. The molecule has 68 valence electrons. The van der Waals surface area contributed by atoms with E-state index in [0.29, 0.717) is 0 Å². The Hall–Kier alpha value is -1.29. The summed E-state index contributed by atoms with van der Waals surface area (Å²) in [5, 5.41) is 9.05. The van der Waals surface area contributed by atoms with Gasteiger partial charge in [-0.1, -0.05) is 18.2 Å². The van der Waals surface area contributed by atoms with Crippen molar-refractivity contribution in [3.05, 3.63) is 34.9 Å². The fourth-order valence-electron chi connectivity index (χ4n) is 1.86. The van der Waals surface area contributed by atoms with Crippen LogP contribution in [0.25, 0.3) is 0 Å². The minimum atomic E-state index is -0.380. The lowest BCUT2D eigenvalue weighted by molar-refractivity contribution is 0.675. The zero-order valence-electron chi connectivity index (χ0n) is 8.68. The molecule has 0 heterocycles. The van der Waals surface area contributed by atoms with Crippen molar-refractivity contribution >= 4 is 0 Å². The molecule has 0 radical (unpaired) electrons. The normalized spacial score (nSPS) is 11.0. The van der Waals surface area contributed by atoms with Gasteiger partial charge < -0.3 is 0 Å². The Balaban J connectivity index is 3.38. The Morgan fingerprint density at radius 3 is 2.00 bits per heavy atom. The van der Waals surface area contributed by atoms with E-state index in [4.69, 9.17) is 5.26 Å². The third-order valence-electron chi connectivity index (χ3n) is 2.39. The minimum Gasteiger partial charge on any atom is -0.197 e. The second-order valence-electron chi connectivity index (χ2n) is 4.00. The Labute approximate surface area is 80.0 Å². The monoisotopic (exact) mass is 173 g/mol. The molecule has 1 aromatic carbocycles. The number of rotatable bonds is 1. The quantitative estimate of drug-likeness (QED) is 0.640. The minimum absolute atomic E-state index is 0.380. The van der Waals surface area contributed by atoms with Crippen LogP contribution in [-0.4, -0.2) is 0 Å². The summed E-state index contributed by atoms with van der Waals surface area (Å²) in [5.74, 6) is 0. The van der Waals surface area contributed by atoms with Crippen LogP contribution in [0.15, 0.2) is 18.2 Å². The molecule has 0 aliphatic carbocycles. The number of nitriles is 1. The van der Waals surface area contributed by atoms with Gasteiger partial charge in [0, 0.05) is 0 Å². The molecule has 0 bridgehead atoms. The third kappa shape index (κ3) is 1.72. The maximum Gasteiger partial charge on any atom is 0.0771 e. The maximum absolute atomic E-state index is 9.05. The Kier molecular flexibility index (Phi) is 2.43. The van der Waals surface area contributed by atoms with Gasteiger partial charge in [0.05, 0.1) is 11.5 Å². The molecule has 0 atom stereocenters. The first kappa shape index (κ1) is 9.80. The SMILES string of the molecule is Cc1cccc(C)c1C(C)(C)C#N. The van der Waals surface area contributed by atoms with Crippen molar-refractivity contribution in [1.82, 2.24) is 0 Å². The van der Waals surface area contributed by atoms with Crippen LogP contribution >= 0.6 is 0 Å². The molecule has 0 saturated carbocycles. The molecule has 0 unspecified atom stereocenters. The lowest BCUT2D eigenvalue weighted by atomic mass is 9.81. The largest absolute Gasteiger partial charge is 0.197 e. The standard InChI is InChI=1S/C12H15N/c1-9-6-5-7-10(2)11(9)12(3,4)8-13/h5-7H,1-4H3. The predicted octanol–water partition coefficient (Wildman–Crippen LogP) is 3.10. The van der Waals surface area contributed by atoms with Crippen LogP contribution in [0.2, 0.25) is 0 Å². The molecule has 0 aromatic heterocycles. The van der Waals surface area contributed by atoms with E-state index in [2.05, 4.69) is 32.0 Å². The molecule has 13 heavy (non-hydrogen) atoms. The van der Waals surface area contributed by atoms with Crippen molar-refractivity contribution in [2.45, 2.75) is 33.1 Å². The second kappa shape index (κ2) is 3.22. The number of nitrogens with zero attached hydrogens (tertiary/aromatic N) is 1. The topological polar surface area (TPSA) is 23.8 Å². The molecule has 1 aromatic rings. The first-order valence-electron chi connectivity index (χ1n) is 4.47. The summed E-state index contributed by atoms with van der Waals surface area (Å²) in [6, 6.07) is 8.48. The zero-order valence-corrected chi connectivity index (χ0v) is 8.68. The van der Waals surface area contributed by atoms with Gasteiger partial charge in [-0.15, -0.1) is 0 Å². The van der Waals surface area contributed by atoms with Crippen LogP contribution in [-0.2, 0) is 5.41 Å². The Morgan fingerprint density at radius 2 is 1.62 bits per heavy atom. The van der Waals surface area contributed by atoms with Crippen LogP contribution in [0.5, 0.6) is 0 Å². The van der Waals surface area contributed by atoms with Gasteiger partial charge in [-0.05, 0) is 44.4 Å². The molecule has 0 amide bonds. The molecule has 0 saturated heterocycles. The third-order valence-corrected chi connectivity index (χ3v) is 2.39. The van der Waals surface area contributed by atoms with E-state index in [-0.39, 0.29) is 5.41 Å². The van der Waals surface area contributed by atoms with Crippen molar-refractivity contribution in [2.24, 2.45) is 0 Å². The van der Waals surface area contributed by atoms with Gasteiger partial charge >= 0.3 is 0 Å². The van der Waals surface area contributed by atoms with Crippen LogP contribution in [0, 0.1) is 25.2 Å².